The molecule has 490 valence electrons. The third-order valence-corrected chi connectivity index (χ3v) is 17.5. The van der Waals surface area contributed by atoms with Gasteiger partial charge in [-0.05, 0) is 51.4 Å². The van der Waals surface area contributed by atoms with Gasteiger partial charge in [-0.2, -0.15) is 0 Å². The summed E-state index contributed by atoms with van der Waals surface area (Å²) in [5.41, 5.74) is 0. The van der Waals surface area contributed by atoms with E-state index in [0.717, 1.165) is 70.6 Å². The lowest BCUT2D eigenvalue weighted by molar-refractivity contribution is -0.167. The molecule has 0 N–H and O–H groups in total. The van der Waals surface area contributed by atoms with E-state index >= 15 is 0 Å². The van der Waals surface area contributed by atoms with Crippen molar-refractivity contribution in [2.45, 2.75) is 438 Å². The molecule has 0 aromatic heterocycles. The lowest BCUT2D eigenvalue weighted by atomic mass is 10.0. The van der Waals surface area contributed by atoms with Crippen molar-refractivity contribution in [2.24, 2.45) is 0 Å². The molecular weight excluding hydrogens is 1020 g/mol. The smallest absolute Gasteiger partial charge is 0.306 e. The molecule has 0 spiro atoms. The van der Waals surface area contributed by atoms with Crippen molar-refractivity contribution in [1.82, 2.24) is 0 Å². The molecule has 6 heteroatoms. The maximum Gasteiger partial charge on any atom is 0.306 e. The summed E-state index contributed by atoms with van der Waals surface area (Å²) in [6.45, 7) is 6.63. The number of ether oxygens (including phenoxy) is 3. The average molecular weight is 1170 g/mol. The molecule has 0 aliphatic rings. The molecule has 0 bridgehead atoms. The first-order valence-electron chi connectivity index (χ1n) is 37.8. The standard InChI is InChI=1S/C77H146O6/c1-4-7-10-13-15-17-19-21-23-25-27-29-31-33-35-36-37-38-39-40-42-43-45-47-49-51-53-55-57-59-61-64-67-70-76(79)82-73-74(72-81-75(78)69-66-63-12-9-6-3)83-77(80)71-68-65-62-60-58-56-54-52-50-48-46-44-41-34-32-30-28-26-24-22-20-18-16-14-11-8-5-2/h20,22,26,28,74H,4-19,21,23-25,27,29-73H2,1-3H3/b22-20-,28-26-. The van der Waals surface area contributed by atoms with Crippen LogP contribution in [0, 0.1) is 0 Å². The molecule has 0 heterocycles. The van der Waals surface area contributed by atoms with Crippen LogP contribution in [0.5, 0.6) is 0 Å². The number of hydrogen-bond donors (Lipinski definition) is 0. The van der Waals surface area contributed by atoms with Crippen LogP contribution in [0.1, 0.15) is 432 Å². The van der Waals surface area contributed by atoms with Crippen LogP contribution in [-0.4, -0.2) is 37.2 Å². The minimum absolute atomic E-state index is 0.0655. The summed E-state index contributed by atoms with van der Waals surface area (Å²) in [6, 6.07) is 0. The Labute approximate surface area is 519 Å². The van der Waals surface area contributed by atoms with Gasteiger partial charge >= 0.3 is 17.9 Å². The van der Waals surface area contributed by atoms with Gasteiger partial charge in [0.05, 0.1) is 0 Å². The Kier molecular flexibility index (Phi) is 70.5. The zero-order chi connectivity index (χ0) is 59.9. The van der Waals surface area contributed by atoms with Crippen molar-refractivity contribution in [3.05, 3.63) is 24.3 Å². The van der Waals surface area contributed by atoms with E-state index in [4.69, 9.17) is 14.2 Å². The van der Waals surface area contributed by atoms with Gasteiger partial charge < -0.3 is 14.2 Å². The fourth-order valence-electron chi connectivity index (χ4n) is 11.8. The molecule has 0 amide bonds. The molecule has 0 rings (SSSR count). The largest absolute Gasteiger partial charge is 0.462 e. The second-order valence-electron chi connectivity index (χ2n) is 25.9. The molecule has 0 radical (unpaired) electrons. The van der Waals surface area contributed by atoms with Crippen LogP contribution in [0.3, 0.4) is 0 Å². The summed E-state index contributed by atoms with van der Waals surface area (Å²) >= 11 is 0. The van der Waals surface area contributed by atoms with E-state index in [1.54, 1.807) is 0 Å². The van der Waals surface area contributed by atoms with Crippen molar-refractivity contribution < 1.29 is 28.6 Å². The molecule has 1 unspecified atom stereocenters. The Bertz CT molecular complexity index is 1340. The first kappa shape index (κ1) is 80.9. The Hall–Kier alpha value is -2.11. The van der Waals surface area contributed by atoms with Gasteiger partial charge in [0.15, 0.2) is 6.10 Å². The SMILES string of the molecule is CCCCCCC/C=C\C/C=C\CCCCCCCCCCCCCCCCCC(=O)OC(COC(=O)CCCCCCC)COC(=O)CCCCCCCCCCCCCCCCCCCCCCCCCCCCCCCCCCC. The molecule has 0 aliphatic carbocycles. The summed E-state index contributed by atoms with van der Waals surface area (Å²) < 4.78 is 16.8. The molecular formula is C77H146O6. The molecule has 0 aliphatic heterocycles. The van der Waals surface area contributed by atoms with Gasteiger partial charge in [0.1, 0.15) is 13.2 Å². The maximum absolute atomic E-state index is 12.9. The number of carbonyl (C=O) groups is 3. The van der Waals surface area contributed by atoms with Crippen molar-refractivity contribution in [2.75, 3.05) is 13.2 Å². The Morgan fingerprint density at radius 3 is 0.663 bits per heavy atom. The first-order valence-corrected chi connectivity index (χ1v) is 37.8. The van der Waals surface area contributed by atoms with Crippen LogP contribution in [0.25, 0.3) is 0 Å². The fraction of sp³-hybridized carbons (Fsp3) is 0.909. The predicted octanol–water partition coefficient (Wildman–Crippen LogP) is 26.1. The minimum Gasteiger partial charge on any atom is -0.462 e. The zero-order valence-electron chi connectivity index (χ0n) is 56.5. The second-order valence-corrected chi connectivity index (χ2v) is 25.9. The molecule has 83 heavy (non-hydrogen) atoms. The molecule has 1 atom stereocenters. The highest BCUT2D eigenvalue weighted by Crippen LogP contribution is 2.20. The van der Waals surface area contributed by atoms with Crippen LogP contribution >= 0.6 is 0 Å². The molecule has 0 aromatic carbocycles. The monoisotopic (exact) mass is 1170 g/mol. The number of allylic oxidation sites excluding steroid dienone is 4. The van der Waals surface area contributed by atoms with E-state index in [1.807, 2.05) is 0 Å². The average Bonchev–Trinajstić information content (AvgIpc) is 3.49. The third-order valence-electron chi connectivity index (χ3n) is 17.5. The number of esters is 3. The van der Waals surface area contributed by atoms with Crippen molar-refractivity contribution in [1.29, 1.82) is 0 Å². The Morgan fingerprint density at radius 2 is 0.434 bits per heavy atom. The summed E-state index contributed by atoms with van der Waals surface area (Å²) in [4.78, 5) is 38.1. The van der Waals surface area contributed by atoms with Crippen molar-refractivity contribution in [3.8, 4) is 0 Å². The zero-order valence-corrected chi connectivity index (χ0v) is 56.5. The van der Waals surface area contributed by atoms with Crippen LogP contribution in [-0.2, 0) is 28.6 Å². The van der Waals surface area contributed by atoms with Crippen LogP contribution in [0.2, 0.25) is 0 Å². The molecule has 0 saturated carbocycles. The molecule has 6 nitrogen and oxygen atoms in total. The minimum atomic E-state index is -0.765. The fourth-order valence-corrected chi connectivity index (χ4v) is 11.8. The van der Waals surface area contributed by atoms with E-state index in [0.29, 0.717) is 19.3 Å². The highest BCUT2D eigenvalue weighted by atomic mass is 16.6. The quantitative estimate of drug-likeness (QED) is 0.0261. The first-order chi connectivity index (χ1) is 41.0. The van der Waals surface area contributed by atoms with E-state index < -0.39 is 6.10 Å². The Balaban J connectivity index is 3.86. The van der Waals surface area contributed by atoms with Gasteiger partial charge in [0.25, 0.3) is 0 Å². The topological polar surface area (TPSA) is 78.9 Å². The maximum atomic E-state index is 12.9. The normalized spacial score (nSPS) is 12.1. The summed E-state index contributed by atoms with van der Waals surface area (Å²) in [5.74, 6) is -0.850. The lowest BCUT2D eigenvalue weighted by Gasteiger charge is -2.18. The number of hydrogen-bond acceptors (Lipinski definition) is 6. The van der Waals surface area contributed by atoms with E-state index in [2.05, 4.69) is 45.1 Å². The van der Waals surface area contributed by atoms with Gasteiger partial charge in [-0.1, -0.05) is 385 Å². The molecule has 0 aromatic rings. The lowest BCUT2D eigenvalue weighted by Crippen LogP contribution is -2.30. The van der Waals surface area contributed by atoms with Crippen molar-refractivity contribution in [3.63, 3.8) is 0 Å². The van der Waals surface area contributed by atoms with Gasteiger partial charge in [-0.25, -0.2) is 0 Å². The van der Waals surface area contributed by atoms with Gasteiger partial charge in [0.2, 0.25) is 0 Å². The highest BCUT2D eigenvalue weighted by molar-refractivity contribution is 5.71. The van der Waals surface area contributed by atoms with Crippen molar-refractivity contribution >= 4 is 17.9 Å². The van der Waals surface area contributed by atoms with Gasteiger partial charge in [-0.15, -0.1) is 0 Å². The van der Waals surface area contributed by atoms with Gasteiger partial charge in [-0.3, -0.25) is 14.4 Å². The molecule has 0 saturated heterocycles. The van der Waals surface area contributed by atoms with E-state index in [1.165, 1.54) is 321 Å². The number of rotatable bonds is 71. The highest BCUT2D eigenvalue weighted by Gasteiger charge is 2.20. The number of unbranched alkanes of at least 4 members (excludes halogenated alkanes) is 56. The van der Waals surface area contributed by atoms with Crippen LogP contribution in [0.15, 0.2) is 24.3 Å². The Morgan fingerprint density at radius 1 is 0.241 bits per heavy atom. The van der Waals surface area contributed by atoms with Gasteiger partial charge in [0, 0.05) is 19.3 Å². The van der Waals surface area contributed by atoms with E-state index in [-0.39, 0.29) is 31.1 Å². The third kappa shape index (κ3) is 70.5. The predicted molar refractivity (Wildman–Crippen MR) is 363 cm³/mol. The number of carbonyl (C=O) groups excluding carboxylic acids is 3. The molecule has 0 fully saturated rings. The summed E-state index contributed by atoms with van der Waals surface area (Å²) in [6.07, 6.45) is 90.1. The van der Waals surface area contributed by atoms with Crippen LogP contribution < -0.4 is 0 Å². The van der Waals surface area contributed by atoms with Crippen LogP contribution in [0.4, 0.5) is 0 Å². The summed E-state index contributed by atoms with van der Waals surface area (Å²) in [5, 5.41) is 0. The second kappa shape index (κ2) is 72.4. The summed E-state index contributed by atoms with van der Waals surface area (Å²) in [7, 11) is 0. The van der Waals surface area contributed by atoms with E-state index in [9.17, 15) is 14.4 Å².